The molecule has 0 atom stereocenters. The Balaban J connectivity index is 3.35. The summed E-state index contributed by atoms with van der Waals surface area (Å²) in [6.07, 6.45) is -4.66. The first kappa shape index (κ1) is 13.2. The molecular weight excluding hydrogens is 292 g/mol. The molecule has 0 spiro atoms. The molecule has 1 rings (SSSR count). The van der Waals surface area contributed by atoms with E-state index in [9.17, 15) is 22.4 Å². The lowest BCUT2D eigenvalue weighted by molar-refractivity contribution is -0.140. The number of hydrogen-bond acceptors (Lipinski definition) is 1. The summed E-state index contributed by atoms with van der Waals surface area (Å²) in [4.78, 5) is 11.3. The predicted molar refractivity (Wildman–Crippen MR) is 53.7 cm³/mol. The van der Waals surface area contributed by atoms with Gasteiger partial charge in [-0.15, -0.1) is 0 Å². The van der Waals surface area contributed by atoms with E-state index >= 15 is 0 Å². The van der Waals surface area contributed by atoms with E-state index in [0.717, 1.165) is 6.07 Å². The molecule has 1 aromatic carbocycles. The van der Waals surface area contributed by atoms with Crippen LogP contribution >= 0.6 is 15.9 Å². The third-order valence-electron chi connectivity index (χ3n) is 2.01. The fourth-order valence-electron chi connectivity index (χ4n) is 1.17. The van der Waals surface area contributed by atoms with E-state index in [4.69, 9.17) is 0 Å². The van der Waals surface area contributed by atoms with Crippen LogP contribution in [0.15, 0.2) is 16.6 Å². The minimum Gasteiger partial charge on any atom is -0.294 e. The van der Waals surface area contributed by atoms with Crippen LogP contribution in [0.5, 0.6) is 0 Å². The fourth-order valence-corrected chi connectivity index (χ4v) is 1.74. The van der Waals surface area contributed by atoms with Crippen LogP contribution in [0.4, 0.5) is 17.6 Å². The SMILES string of the molecule is CCC(=O)c1ccc(C(F)(F)F)c(F)c1Br. The molecule has 1 nitrogen and oxygen atoms in total. The number of halogens is 5. The van der Waals surface area contributed by atoms with Crippen molar-refractivity contribution >= 4 is 21.7 Å². The van der Waals surface area contributed by atoms with Gasteiger partial charge in [-0.3, -0.25) is 4.79 Å². The van der Waals surface area contributed by atoms with Crippen molar-refractivity contribution in [2.45, 2.75) is 19.5 Å². The lowest BCUT2D eigenvalue weighted by Crippen LogP contribution is -2.10. The maximum Gasteiger partial charge on any atom is 0.419 e. The summed E-state index contributed by atoms with van der Waals surface area (Å²) in [7, 11) is 0. The van der Waals surface area contributed by atoms with Crippen LogP contribution in [0.25, 0.3) is 0 Å². The van der Waals surface area contributed by atoms with Crippen molar-refractivity contribution in [3.05, 3.63) is 33.5 Å². The van der Waals surface area contributed by atoms with Crippen LogP contribution in [-0.2, 0) is 6.18 Å². The van der Waals surface area contributed by atoms with Crippen LogP contribution in [0.2, 0.25) is 0 Å². The molecule has 0 radical (unpaired) electrons. The largest absolute Gasteiger partial charge is 0.419 e. The fraction of sp³-hybridized carbons (Fsp3) is 0.300. The summed E-state index contributed by atoms with van der Waals surface area (Å²) in [5.74, 6) is -1.87. The average Bonchev–Trinajstić information content (AvgIpc) is 2.19. The zero-order valence-corrected chi connectivity index (χ0v) is 9.75. The van der Waals surface area contributed by atoms with E-state index < -0.39 is 27.8 Å². The quantitative estimate of drug-likeness (QED) is 0.591. The van der Waals surface area contributed by atoms with Crippen LogP contribution in [-0.4, -0.2) is 5.78 Å². The second-order valence-electron chi connectivity index (χ2n) is 3.06. The maximum absolute atomic E-state index is 13.3. The molecule has 16 heavy (non-hydrogen) atoms. The third-order valence-corrected chi connectivity index (χ3v) is 2.78. The molecule has 0 heterocycles. The average molecular weight is 299 g/mol. The number of alkyl halides is 3. The van der Waals surface area contributed by atoms with Crippen molar-refractivity contribution < 1.29 is 22.4 Å². The number of Topliss-reactive ketones (excluding diaryl/α,β-unsaturated/α-hetero) is 1. The van der Waals surface area contributed by atoms with Gasteiger partial charge in [0.05, 0.1) is 10.0 Å². The monoisotopic (exact) mass is 298 g/mol. The smallest absolute Gasteiger partial charge is 0.294 e. The Hall–Kier alpha value is -0.910. The molecule has 0 aromatic heterocycles. The summed E-state index contributed by atoms with van der Waals surface area (Å²) in [6.45, 7) is 1.55. The summed E-state index contributed by atoms with van der Waals surface area (Å²) in [6, 6.07) is 1.55. The van der Waals surface area contributed by atoms with E-state index in [1.807, 2.05) is 0 Å². The third kappa shape index (κ3) is 2.42. The van der Waals surface area contributed by atoms with Gasteiger partial charge in [0.15, 0.2) is 5.78 Å². The van der Waals surface area contributed by atoms with Crippen molar-refractivity contribution in [3.8, 4) is 0 Å². The van der Waals surface area contributed by atoms with Crippen molar-refractivity contribution in [2.24, 2.45) is 0 Å². The minimum absolute atomic E-state index is 0.0759. The van der Waals surface area contributed by atoms with Gasteiger partial charge in [-0.25, -0.2) is 4.39 Å². The summed E-state index contributed by atoms with van der Waals surface area (Å²) < 4.78 is 49.8. The van der Waals surface area contributed by atoms with E-state index in [0.29, 0.717) is 6.07 Å². The molecule has 1 aromatic rings. The first-order valence-electron chi connectivity index (χ1n) is 4.37. The number of carbonyl (C=O) groups excluding carboxylic acids is 1. The number of benzene rings is 1. The number of hydrogen-bond donors (Lipinski definition) is 0. The van der Waals surface area contributed by atoms with Gasteiger partial charge in [-0.1, -0.05) is 6.92 Å². The number of ketones is 1. The van der Waals surface area contributed by atoms with Gasteiger partial charge in [0.2, 0.25) is 0 Å². The summed E-state index contributed by atoms with van der Waals surface area (Å²) in [5, 5.41) is 0. The van der Waals surface area contributed by atoms with Crippen molar-refractivity contribution in [1.29, 1.82) is 0 Å². The first-order valence-corrected chi connectivity index (χ1v) is 5.16. The molecule has 0 bridgehead atoms. The molecule has 0 N–H and O–H groups in total. The van der Waals surface area contributed by atoms with E-state index in [1.54, 1.807) is 6.92 Å². The lowest BCUT2D eigenvalue weighted by Gasteiger charge is -2.11. The maximum atomic E-state index is 13.3. The van der Waals surface area contributed by atoms with Crippen LogP contribution in [0.3, 0.4) is 0 Å². The second kappa shape index (κ2) is 4.53. The molecular formula is C10H7BrF4O. The lowest BCUT2D eigenvalue weighted by atomic mass is 10.1. The first-order chi connectivity index (χ1) is 7.29. The van der Waals surface area contributed by atoms with Crippen LogP contribution < -0.4 is 0 Å². The summed E-state index contributed by atoms with van der Waals surface area (Å²) >= 11 is 2.67. The molecule has 0 aliphatic carbocycles. The molecule has 88 valence electrons. The molecule has 0 aliphatic heterocycles. The molecule has 0 fully saturated rings. The number of carbonyl (C=O) groups is 1. The van der Waals surface area contributed by atoms with Gasteiger partial charge in [0.1, 0.15) is 5.82 Å². The van der Waals surface area contributed by atoms with Crippen molar-refractivity contribution in [3.63, 3.8) is 0 Å². The Morgan fingerprint density at radius 2 is 1.94 bits per heavy atom. The Morgan fingerprint density at radius 3 is 2.38 bits per heavy atom. The van der Waals surface area contributed by atoms with Gasteiger partial charge in [0.25, 0.3) is 0 Å². The highest BCUT2D eigenvalue weighted by molar-refractivity contribution is 9.10. The van der Waals surface area contributed by atoms with Gasteiger partial charge in [-0.2, -0.15) is 13.2 Å². The van der Waals surface area contributed by atoms with Gasteiger partial charge in [-0.05, 0) is 28.1 Å². The number of rotatable bonds is 2. The summed E-state index contributed by atoms with van der Waals surface area (Å²) in [5.41, 5.74) is -1.46. The topological polar surface area (TPSA) is 17.1 Å². The zero-order valence-electron chi connectivity index (χ0n) is 8.16. The normalized spacial score (nSPS) is 11.6. The Morgan fingerprint density at radius 1 is 1.38 bits per heavy atom. The standard InChI is InChI=1S/C10H7BrF4O/c1-2-7(16)5-3-4-6(10(13,14)15)9(12)8(5)11/h3-4H,2H2,1H3. The van der Waals surface area contributed by atoms with Crippen molar-refractivity contribution in [2.75, 3.05) is 0 Å². The highest BCUT2D eigenvalue weighted by Gasteiger charge is 2.35. The van der Waals surface area contributed by atoms with Crippen molar-refractivity contribution in [1.82, 2.24) is 0 Å². The highest BCUT2D eigenvalue weighted by Crippen LogP contribution is 2.35. The van der Waals surface area contributed by atoms with E-state index in [-0.39, 0.29) is 12.0 Å². The van der Waals surface area contributed by atoms with E-state index in [2.05, 4.69) is 15.9 Å². The molecule has 0 unspecified atom stereocenters. The molecule has 0 aliphatic rings. The van der Waals surface area contributed by atoms with Gasteiger partial charge < -0.3 is 0 Å². The zero-order chi connectivity index (χ0) is 12.5. The molecule has 0 saturated heterocycles. The predicted octanol–water partition coefficient (Wildman–Crippen LogP) is 4.20. The second-order valence-corrected chi connectivity index (χ2v) is 3.86. The Labute approximate surface area is 97.6 Å². The molecule has 0 amide bonds. The highest BCUT2D eigenvalue weighted by atomic mass is 79.9. The van der Waals surface area contributed by atoms with E-state index in [1.165, 1.54) is 0 Å². The van der Waals surface area contributed by atoms with Gasteiger partial charge >= 0.3 is 6.18 Å². The van der Waals surface area contributed by atoms with Crippen LogP contribution in [0, 0.1) is 5.82 Å². The van der Waals surface area contributed by atoms with Crippen LogP contribution in [0.1, 0.15) is 29.3 Å². The Bertz CT molecular complexity index is 426. The Kier molecular flexibility index (Phi) is 3.72. The molecule has 0 saturated carbocycles. The van der Waals surface area contributed by atoms with Gasteiger partial charge in [0, 0.05) is 12.0 Å². The molecule has 6 heteroatoms. The minimum atomic E-state index is -4.76.